The van der Waals surface area contributed by atoms with Crippen LogP contribution in [0.15, 0.2) is 6.20 Å². The summed E-state index contributed by atoms with van der Waals surface area (Å²) in [4.78, 5) is 18.5. The molecule has 0 saturated carbocycles. The van der Waals surface area contributed by atoms with E-state index in [1.54, 1.807) is 42.1 Å². The van der Waals surface area contributed by atoms with E-state index >= 15 is 0 Å². The summed E-state index contributed by atoms with van der Waals surface area (Å²) in [6, 6.07) is 0. The third-order valence-corrected chi connectivity index (χ3v) is 4.15. The molecule has 1 aromatic heterocycles. The molecule has 1 heterocycles. The largest absolute Gasteiger partial charge is 0.362 e. The summed E-state index contributed by atoms with van der Waals surface area (Å²) >= 11 is 3.30. The monoisotopic (exact) mass is 273 g/mol. The molecule has 1 amide bonds. The molecule has 0 unspecified atom stereocenters. The van der Waals surface area contributed by atoms with Crippen LogP contribution in [0.1, 0.15) is 18.2 Å². The van der Waals surface area contributed by atoms with E-state index in [1.165, 1.54) is 4.88 Å². The lowest BCUT2D eigenvalue weighted by Crippen LogP contribution is -2.23. The fourth-order valence-electron chi connectivity index (χ4n) is 1.06. The molecule has 0 bridgehead atoms. The van der Waals surface area contributed by atoms with Crippen LogP contribution in [0.25, 0.3) is 0 Å². The zero-order valence-electron chi connectivity index (χ0n) is 10.5. The van der Waals surface area contributed by atoms with Crippen molar-refractivity contribution in [2.45, 2.75) is 19.1 Å². The minimum Gasteiger partial charge on any atom is -0.362 e. The van der Waals surface area contributed by atoms with Gasteiger partial charge in [-0.1, -0.05) is 6.92 Å². The van der Waals surface area contributed by atoms with Gasteiger partial charge in [-0.2, -0.15) is 0 Å². The average molecular weight is 273 g/mol. The van der Waals surface area contributed by atoms with Gasteiger partial charge >= 0.3 is 0 Å². The normalized spacial score (nSPS) is 10.3. The predicted octanol–water partition coefficient (Wildman–Crippen LogP) is 2.29. The van der Waals surface area contributed by atoms with Crippen LogP contribution < -0.4 is 5.32 Å². The molecule has 1 aromatic rings. The number of carbonyl (C=O) groups excluding carboxylic acids is 1. The quantitative estimate of drug-likeness (QED) is 0.828. The summed E-state index contributed by atoms with van der Waals surface area (Å²) < 4.78 is 0. The van der Waals surface area contributed by atoms with Gasteiger partial charge in [0.05, 0.1) is 5.75 Å². The lowest BCUT2D eigenvalue weighted by Gasteiger charge is -2.08. The molecule has 0 saturated heterocycles. The number of carbonyl (C=O) groups is 1. The average Bonchev–Trinajstić information content (AvgIpc) is 2.74. The van der Waals surface area contributed by atoms with Gasteiger partial charge in [-0.25, -0.2) is 4.98 Å². The van der Waals surface area contributed by atoms with Crippen molar-refractivity contribution in [3.8, 4) is 0 Å². The molecular formula is C11H19N3OS2. The number of nitrogens with one attached hydrogen (secondary N) is 1. The van der Waals surface area contributed by atoms with Crippen molar-refractivity contribution >= 4 is 34.1 Å². The van der Waals surface area contributed by atoms with Gasteiger partial charge in [0, 0.05) is 37.5 Å². The third kappa shape index (κ3) is 5.41. The first kappa shape index (κ1) is 14.3. The zero-order chi connectivity index (χ0) is 12.7. The number of amides is 1. The number of thiazole rings is 1. The van der Waals surface area contributed by atoms with Crippen LogP contribution >= 0.6 is 23.1 Å². The topological polar surface area (TPSA) is 45.2 Å². The van der Waals surface area contributed by atoms with Crippen molar-refractivity contribution in [3.05, 3.63) is 11.1 Å². The number of thioether (sulfide) groups is 1. The van der Waals surface area contributed by atoms with Crippen LogP contribution in [0.5, 0.6) is 0 Å². The summed E-state index contributed by atoms with van der Waals surface area (Å²) in [7, 11) is 3.56. The molecule has 0 fully saturated rings. The SMILES string of the molecule is CCCNc1ncc(CSCC(=O)N(C)C)s1. The minimum absolute atomic E-state index is 0.156. The maximum absolute atomic E-state index is 11.4. The second-order valence-corrected chi connectivity index (χ2v) is 5.94. The molecule has 0 aliphatic heterocycles. The number of hydrogen-bond donors (Lipinski definition) is 1. The van der Waals surface area contributed by atoms with Crippen LogP contribution in [0.4, 0.5) is 5.13 Å². The van der Waals surface area contributed by atoms with Gasteiger partial charge in [-0.15, -0.1) is 23.1 Å². The molecule has 0 aromatic carbocycles. The molecule has 17 heavy (non-hydrogen) atoms. The Morgan fingerprint density at radius 1 is 1.59 bits per heavy atom. The van der Waals surface area contributed by atoms with Crippen LogP contribution in [0, 0.1) is 0 Å². The number of rotatable bonds is 7. The molecule has 96 valence electrons. The standard InChI is InChI=1S/C11H19N3OS2/c1-4-5-12-11-13-6-9(17-11)7-16-8-10(15)14(2)3/h6H,4-5,7-8H2,1-3H3,(H,12,13). The van der Waals surface area contributed by atoms with Crippen molar-refractivity contribution < 1.29 is 4.79 Å². The Kier molecular flexibility index (Phi) is 6.36. The van der Waals surface area contributed by atoms with E-state index in [-0.39, 0.29) is 5.91 Å². The highest BCUT2D eigenvalue weighted by Crippen LogP contribution is 2.22. The maximum atomic E-state index is 11.4. The molecule has 0 spiro atoms. The van der Waals surface area contributed by atoms with Gasteiger partial charge in [0.15, 0.2) is 5.13 Å². The fourth-order valence-corrected chi connectivity index (χ4v) is 2.99. The second-order valence-electron chi connectivity index (χ2n) is 3.84. The van der Waals surface area contributed by atoms with E-state index in [9.17, 15) is 4.79 Å². The van der Waals surface area contributed by atoms with Crippen molar-refractivity contribution in [2.24, 2.45) is 0 Å². The summed E-state index contributed by atoms with van der Waals surface area (Å²) in [5, 5.41) is 4.23. The van der Waals surface area contributed by atoms with E-state index in [0.29, 0.717) is 5.75 Å². The number of hydrogen-bond acceptors (Lipinski definition) is 5. The van der Waals surface area contributed by atoms with Gasteiger partial charge in [-0.3, -0.25) is 4.79 Å². The summed E-state index contributed by atoms with van der Waals surface area (Å²) in [5.41, 5.74) is 0. The van der Waals surface area contributed by atoms with Gasteiger partial charge in [0.1, 0.15) is 0 Å². The second kappa shape index (κ2) is 7.55. The Hall–Kier alpha value is -0.750. The summed E-state index contributed by atoms with van der Waals surface area (Å²) in [6.45, 7) is 3.09. The lowest BCUT2D eigenvalue weighted by atomic mass is 10.5. The highest BCUT2D eigenvalue weighted by atomic mass is 32.2. The Labute approximate surface area is 111 Å². The van der Waals surface area contributed by atoms with Gasteiger partial charge in [-0.05, 0) is 6.42 Å². The molecule has 0 atom stereocenters. The maximum Gasteiger partial charge on any atom is 0.232 e. The zero-order valence-corrected chi connectivity index (χ0v) is 12.2. The fraction of sp³-hybridized carbons (Fsp3) is 0.636. The molecule has 0 aliphatic carbocycles. The highest BCUT2D eigenvalue weighted by Gasteiger charge is 2.05. The first-order chi connectivity index (χ1) is 8.13. The van der Waals surface area contributed by atoms with E-state index in [4.69, 9.17) is 0 Å². The van der Waals surface area contributed by atoms with Crippen LogP contribution in [-0.2, 0) is 10.5 Å². The smallest absolute Gasteiger partial charge is 0.232 e. The molecule has 1 rings (SSSR count). The summed E-state index contributed by atoms with van der Waals surface area (Å²) in [5.74, 6) is 1.54. The Bertz CT molecular complexity index is 352. The minimum atomic E-state index is 0.156. The van der Waals surface area contributed by atoms with Crippen molar-refractivity contribution in [3.63, 3.8) is 0 Å². The van der Waals surface area contributed by atoms with Gasteiger partial charge in [0.25, 0.3) is 0 Å². The van der Waals surface area contributed by atoms with Gasteiger partial charge in [0.2, 0.25) is 5.91 Å². The van der Waals surface area contributed by atoms with Crippen molar-refractivity contribution in [2.75, 3.05) is 31.7 Å². The van der Waals surface area contributed by atoms with Crippen LogP contribution in [0.2, 0.25) is 0 Å². The first-order valence-electron chi connectivity index (χ1n) is 5.60. The van der Waals surface area contributed by atoms with E-state index in [0.717, 1.165) is 23.8 Å². The van der Waals surface area contributed by atoms with Crippen LogP contribution in [0.3, 0.4) is 0 Å². The molecule has 4 nitrogen and oxygen atoms in total. The number of anilines is 1. The molecule has 0 aliphatic rings. The summed E-state index contributed by atoms with van der Waals surface area (Å²) in [6.07, 6.45) is 2.98. The van der Waals surface area contributed by atoms with Crippen molar-refractivity contribution in [1.82, 2.24) is 9.88 Å². The number of aromatic nitrogens is 1. The Morgan fingerprint density at radius 2 is 2.35 bits per heavy atom. The number of nitrogens with zero attached hydrogens (tertiary/aromatic N) is 2. The molecule has 1 N–H and O–H groups in total. The van der Waals surface area contributed by atoms with E-state index in [2.05, 4.69) is 17.2 Å². The Balaban J connectivity index is 2.27. The van der Waals surface area contributed by atoms with E-state index < -0.39 is 0 Å². The Morgan fingerprint density at radius 3 is 3.00 bits per heavy atom. The lowest BCUT2D eigenvalue weighted by molar-refractivity contribution is -0.125. The highest BCUT2D eigenvalue weighted by molar-refractivity contribution is 7.99. The molecule has 6 heteroatoms. The first-order valence-corrected chi connectivity index (χ1v) is 7.57. The van der Waals surface area contributed by atoms with Crippen LogP contribution in [-0.4, -0.2) is 42.2 Å². The van der Waals surface area contributed by atoms with Crippen molar-refractivity contribution in [1.29, 1.82) is 0 Å². The molecular weight excluding hydrogens is 254 g/mol. The van der Waals surface area contributed by atoms with Gasteiger partial charge < -0.3 is 10.2 Å². The molecule has 0 radical (unpaired) electrons. The third-order valence-electron chi connectivity index (χ3n) is 2.05. The predicted molar refractivity (Wildman–Crippen MR) is 75.8 cm³/mol. The van der Waals surface area contributed by atoms with E-state index in [1.807, 2.05) is 6.20 Å².